The van der Waals surface area contributed by atoms with Gasteiger partial charge in [-0.2, -0.15) is 0 Å². The summed E-state index contributed by atoms with van der Waals surface area (Å²) in [4.78, 5) is 2.47. The molecule has 3 rings (SSSR count). The molecule has 0 spiro atoms. The molecule has 0 saturated carbocycles. The van der Waals surface area contributed by atoms with Crippen LogP contribution in [0, 0.1) is 0 Å². The Balaban J connectivity index is 1.65. The van der Waals surface area contributed by atoms with E-state index in [0.29, 0.717) is 11.7 Å². The van der Waals surface area contributed by atoms with Gasteiger partial charge in [-0.1, -0.05) is 35.5 Å². The van der Waals surface area contributed by atoms with Crippen molar-refractivity contribution in [1.29, 1.82) is 0 Å². The van der Waals surface area contributed by atoms with Crippen LogP contribution < -0.4 is 5.73 Å². The van der Waals surface area contributed by atoms with Crippen LogP contribution in [0.25, 0.3) is 0 Å². The zero-order valence-corrected chi connectivity index (χ0v) is 11.0. The van der Waals surface area contributed by atoms with Crippen molar-refractivity contribution >= 4 is 5.82 Å². The van der Waals surface area contributed by atoms with Crippen LogP contribution in [-0.4, -0.2) is 23.1 Å². The highest BCUT2D eigenvalue weighted by molar-refractivity contribution is 5.28. The van der Waals surface area contributed by atoms with Gasteiger partial charge in [0, 0.05) is 25.1 Å². The van der Waals surface area contributed by atoms with Crippen molar-refractivity contribution in [2.24, 2.45) is 0 Å². The highest BCUT2D eigenvalue weighted by Gasteiger charge is 2.24. The Bertz CT molecular complexity index is 523. The van der Waals surface area contributed by atoms with Crippen molar-refractivity contribution in [2.75, 3.05) is 18.8 Å². The number of nitrogens with zero attached hydrogens (tertiary/aromatic N) is 2. The molecule has 100 valence electrons. The van der Waals surface area contributed by atoms with Gasteiger partial charge in [0.1, 0.15) is 5.76 Å². The maximum absolute atomic E-state index is 5.63. The number of anilines is 1. The van der Waals surface area contributed by atoms with Gasteiger partial charge in [-0.15, -0.1) is 0 Å². The molecule has 0 bridgehead atoms. The average molecular weight is 257 g/mol. The third-order valence-corrected chi connectivity index (χ3v) is 3.70. The van der Waals surface area contributed by atoms with Crippen LogP contribution >= 0.6 is 0 Å². The third kappa shape index (κ3) is 2.96. The average Bonchev–Trinajstić information content (AvgIpc) is 2.87. The normalized spacial score (nSPS) is 20.5. The van der Waals surface area contributed by atoms with Crippen LogP contribution in [0.4, 0.5) is 5.82 Å². The van der Waals surface area contributed by atoms with E-state index in [2.05, 4.69) is 40.4 Å². The predicted molar refractivity (Wildman–Crippen MR) is 74.6 cm³/mol. The van der Waals surface area contributed by atoms with Gasteiger partial charge in [-0.05, 0) is 24.9 Å². The standard InChI is InChI=1S/C15H19N3O/c16-15-9-14(19-17-15)13-7-4-8-18(11-13)10-12-5-2-1-3-6-12/h1-3,5-6,9,13H,4,7-8,10-11H2,(H2,16,17). The number of rotatable bonds is 3. The SMILES string of the molecule is Nc1cc(C2CCCN(Cc3ccccc3)C2)on1. The van der Waals surface area contributed by atoms with Crippen LogP contribution in [0.1, 0.15) is 30.1 Å². The minimum atomic E-state index is 0.419. The first-order valence-corrected chi connectivity index (χ1v) is 6.79. The van der Waals surface area contributed by atoms with E-state index in [-0.39, 0.29) is 0 Å². The quantitative estimate of drug-likeness (QED) is 0.918. The molecule has 4 heteroatoms. The second kappa shape index (κ2) is 5.45. The Morgan fingerprint density at radius 2 is 2.16 bits per heavy atom. The van der Waals surface area contributed by atoms with Crippen molar-refractivity contribution in [3.05, 3.63) is 47.7 Å². The number of aromatic nitrogens is 1. The highest BCUT2D eigenvalue weighted by Crippen LogP contribution is 2.28. The van der Waals surface area contributed by atoms with E-state index in [1.807, 2.05) is 6.07 Å². The molecule has 2 N–H and O–H groups in total. The summed E-state index contributed by atoms with van der Waals surface area (Å²) in [6.45, 7) is 3.17. The summed E-state index contributed by atoms with van der Waals surface area (Å²) in [6.07, 6.45) is 2.35. The zero-order chi connectivity index (χ0) is 13.1. The topological polar surface area (TPSA) is 55.3 Å². The lowest BCUT2D eigenvalue weighted by Crippen LogP contribution is -2.33. The first-order chi connectivity index (χ1) is 9.31. The van der Waals surface area contributed by atoms with E-state index < -0.39 is 0 Å². The molecule has 1 aliphatic heterocycles. The molecule has 2 aromatic rings. The number of nitrogen functional groups attached to an aromatic ring is 1. The fraction of sp³-hybridized carbons (Fsp3) is 0.400. The van der Waals surface area contributed by atoms with Gasteiger partial charge in [0.15, 0.2) is 5.82 Å². The van der Waals surface area contributed by atoms with Crippen LogP contribution in [-0.2, 0) is 6.54 Å². The number of piperidine rings is 1. The monoisotopic (exact) mass is 257 g/mol. The first kappa shape index (κ1) is 12.2. The molecular formula is C15H19N3O. The van der Waals surface area contributed by atoms with Gasteiger partial charge >= 0.3 is 0 Å². The number of benzene rings is 1. The predicted octanol–water partition coefficient (Wildman–Crippen LogP) is 2.64. The molecule has 0 amide bonds. The second-order valence-corrected chi connectivity index (χ2v) is 5.21. The lowest BCUT2D eigenvalue weighted by Gasteiger charge is -2.31. The Morgan fingerprint density at radius 1 is 1.32 bits per heavy atom. The number of hydrogen-bond donors (Lipinski definition) is 1. The van der Waals surface area contributed by atoms with Crippen LogP contribution in [0.15, 0.2) is 40.9 Å². The molecule has 1 atom stereocenters. The van der Waals surface area contributed by atoms with E-state index in [0.717, 1.165) is 31.8 Å². The van der Waals surface area contributed by atoms with Crippen LogP contribution in [0.3, 0.4) is 0 Å². The Morgan fingerprint density at radius 3 is 2.89 bits per heavy atom. The zero-order valence-electron chi connectivity index (χ0n) is 11.0. The summed E-state index contributed by atoms with van der Waals surface area (Å²) < 4.78 is 5.30. The van der Waals surface area contributed by atoms with Gasteiger partial charge in [0.2, 0.25) is 0 Å². The van der Waals surface area contributed by atoms with Crippen molar-refractivity contribution in [2.45, 2.75) is 25.3 Å². The smallest absolute Gasteiger partial charge is 0.167 e. The Hall–Kier alpha value is -1.81. The molecule has 4 nitrogen and oxygen atoms in total. The maximum Gasteiger partial charge on any atom is 0.167 e. The summed E-state index contributed by atoms with van der Waals surface area (Å²) >= 11 is 0. The van der Waals surface area contributed by atoms with Gasteiger partial charge in [0.25, 0.3) is 0 Å². The molecule has 1 aromatic carbocycles. The molecule has 19 heavy (non-hydrogen) atoms. The summed E-state index contributed by atoms with van der Waals surface area (Å²) in [5.41, 5.74) is 6.99. The van der Waals surface area contributed by atoms with Gasteiger partial charge < -0.3 is 10.3 Å². The maximum atomic E-state index is 5.63. The van der Waals surface area contributed by atoms with Crippen LogP contribution in [0.5, 0.6) is 0 Å². The molecule has 1 aliphatic rings. The number of nitrogens with two attached hydrogens (primary N) is 1. The van der Waals surface area contributed by atoms with Gasteiger partial charge in [0.05, 0.1) is 0 Å². The third-order valence-electron chi connectivity index (χ3n) is 3.70. The Kier molecular flexibility index (Phi) is 3.51. The first-order valence-electron chi connectivity index (χ1n) is 6.79. The van der Waals surface area contributed by atoms with E-state index in [4.69, 9.17) is 10.3 Å². The van der Waals surface area contributed by atoms with Gasteiger partial charge in [-0.3, -0.25) is 4.90 Å². The molecular weight excluding hydrogens is 238 g/mol. The molecule has 1 unspecified atom stereocenters. The minimum Gasteiger partial charge on any atom is -0.381 e. The molecule has 0 radical (unpaired) electrons. The molecule has 1 aromatic heterocycles. The molecule has 0 aliphatic carbocycles. The van der Waals surface area contributed by atoms with E-state index in [1.165, 1.54) is 12.0 Å². The van der Waals surface area contributed by atoms with Crippen LogP contribution in [0.2, 0.25) is 0 Å². The van der Waals surface area contributed by atoms with E-state index >= 15 is 0 Å². The highest BCUT2D eigenvalue weighted by atomic mass is 16.5. The van der Waals surface area contributed by atoms with E-state index in [9.17, 15) is 0 Å². The minimum absolute atomic E-state index is 0.419. The second-order valence-electron chi connectivity index (χ2n) is 5.21. The summed E-state index contributed by atoms with van der Waals surface area (Å²) in [7, 11) is 0. The van der Waals surface area contributed by atoms with Crippen molar-refractivity contribution in [3.8, 4) is 0 Å². The summed E-state index contributed by atoms with van der Waals surface area (Å²) in [6, 6.07) is 12.4. The fourth-order valence-electron chi connectivity index (χ4n) is 2.77. The van der Waals surface area contributed by atoms with Gasteiger partial charge in [-0.25, -0.2) is 0 Å². The lowest BCUT2D eigenvalue weighted by atomic mass is 9.95. The lowest BCUT2D eigenvalue weighted by molar-refractivity contribution is 0.183. The number of hydrogen-bond acceptors (Lipinski definition) is 4. The van der Waals surface area contributed by atoms with E-state index in [1.54, 1.807) is 0 Å². The van der Waals surface area contributed by atoms with Crippen molar-refractivity contribution in [3.63, 3.8) is 0 Å². The van der Waals surface area contributed by atoms with Crippen molar-refractivity contribution in [1.82, 2.24) is 10.1 Å². The van der Waals surface area contributed by atoms with Crippen molar-refractivity contribution < 1.29 is 4.52 Å². The molecule has 2 heterocycles. The summed E-state index contributed by atoms with van der Waals surface area (Å²) in [5.74, 6) is 1.83. The largest absolute Gasteiger partial charge is 0.381 e. The number of likely N-dealkylation sites (tertiary alicyclic amines) is 1. The Labute approximate surface area is 113 Å². The molecule has 1 saturated heterocycles. The fourth-order valence-corrected chi connectivity index (χ4v) is 2.77. The summed E-state index contributed by atoms with van der Waals surface area (Å²) in [5, 5.41) is 3.79. The molecule has 1 fully saturated rings.